The predicted octanol–water partition coefficient (Wildman–Crippen LogP) is 1.99. The zero-order valence-electron chi connectivity index (χ0n) is 8.20. The quantitative estimate of drug-likeness (QED) is 0.565. The van der Waals surface area contributed by atoms with Gasteiger partial charge in [0.25, 0.3) is 5.78 Å². The zero-order valence-corrected chi connectivity index (χ0v) is 9.77. The number of fused-ring (bicyclic) bond motifs is 2. The highest BCUT2D eigenvalue weighted by Gasteiger charge is 2.20. The average molecular weight is 241 g/mol. The van der Waals surface area contributed by atoms with Crippen LogP contribution in [0.1, 0.15) is 17.7 Å². The number of halogens is 1. The summed E-state index contributed by atoms with van der Waals surface area (Å²) in [4.78, 5) is 8.77. The van der Waals surface area contributed by atoms with Crippen molar-refractivity contribution in [2.75, 3.05) is 6.26 Å². The van der Waals surface area contributed by atoms with Crippen molar-refractivity contribution in [3.8, 4) is 0 Å². The van der Waals surface area contributed by atoms with Gasteiger partial charge in [0, 0.05) is 5.56 Å². The van der Waals surface area contributed by atoms with E-state index < -0.39 is 0 Å². The molecular formula is C9H9ClN4S. The summed E-state index contributed by atoms with van der Waals surface area (Å²) in [5, 5.41) is 5.68. The molecule has 15 heavy (non-hydrogen) atoms. The van der Waals surface area contributed by atoms with Crippen LogP contribution in [0.15, 0.2) is 5.16 Å². The van der Waals surface area contributed by atoms with E-state index in [0.717, 1.165) is 30.5 Å². The van der Waals surface area contributed by atoms with Crippen LogP contribution in [-0.4, -0.2) is 25.8 Å². The molecule has 2 aromatic rings. The summed E-state index contributed by atoms with van der Waals surface area (Å²) < 4.78 is 1.64. The first-order chi connectivity index (χ1) is 7.29. The number of nitrogens with zero attached hydrogens (tertiary/aromatic N) is 4. The van der Waals surface area contributed by atoms with Crippen molar-refractivity contribution in [1.29, 1.82) is 0 Å². The Hall–Kier alpha value is -0.810. The SMILES string of the molecule is CSc1nc2nc3c(c(Cl)n2n1)CCC3. The fourth-order valence-electron chi connectivity index (χ4n) is 1.90. The molecular weight excluding hydrogens is 232 g/mol. The molecule has 2 heterocycles. The van der Waals surface area contributed by atoms with Gasteiger partial charge in [-0.15, -0.1) is 5.10 Å². The molecule has 0 aliphatic heterocycles. The van der Waals surface area contributed by atoms with E-state index in [1.165, 1.54) is 11.8 Å². The minimum absolute atomic E-state index is 0.616. The van der Waals surface area contributed by atoms with E-state index in [4.69, 9.17) is 11.6 Å². The molecule has 4 nitrogen and oxygen atoms in total. The first-order valence-electron chi connectivity index (χ1n) is 4.77. The van der Waals surface area contributed by atoms with Gasteiger partial charge in [0.05, 0.1) is 5.69 Å². The minimum atomic E-state index is 0.616. The van der Waals surface area contributed by atoms with Crippen molar-refractivity contribution in [2.45, 2.75) is 24.4 Å². The molecule has 0 unspecified atom stereocenters. The van der Waals surface area contributed by atoms with Crippen molar-refractivity contribution in [3.05, 3.63) is 16.4 Å². The van der Waals surface area contributed by atoms with E-state index in [2.05, 4.69) is 15.1 Å². The second-order valence-electron chi connectivity index (χ2n) is 3.49. The summed E-state index contributed by atoms with van der Waals surface area (Å²) in [5.41, 5.74) is 2.23. The van der Waals surface area contributed by atoms with Crippen molar-refractivity contribution in [3.63, 3.8) is 0 Å². The van der Waals surface area contributed by atoms with Crippen molar-refractivity contribution >= 4 is 29.1 Å². The molecule has 1 aliphatic rings. The lowest BCUT2D eigenvalue weighted by Crippen LogP contribution is -1.99. The van der Waals surface area contributed by atoms with Crippen molar-refractivity contribution in [1.82, 2.24) is 19.6 Å². The van der Waals surface area contributed by atoms with Crippen LogP contribution in [0.3, 0.4) is 0 Å². The summed E-state index contributed by atoms with van der Waals surface area (Å²) in [7, 11) is 0. The second-order valence-corrected chi connectivity index (χ2v) is 4.62. The number of rotatable bonds is 1. The van der Waals surface area contributed by atoms with Gasteiger partial charge in [0.2, 0.25) is 5.16 Å². The van der Waals surface area contributed by atoms with Crippen LogP contribution >= 0.6 is 23.4 Å². The molecule has 0 saturated carbocycles. The van der Waals surface area contributed by atoms with E-state index in [9.17, 15) is 0 Å². The van der Waals surface area contributed by atoms with Crippen LogP contribution in [0.25, 0.3) is 5.78 Å². The molecule has 0 radical (unpaired) electrons. The number of aryl methyl sites for hydroxylation is 1. The molecule has 6 heteroatoms. The highest BCUT2D eigenvalue weighted by molar-refractivity contribution is 7.98. The summed E-state index contributed by atoms with van der Waals surface area (Å²) in [6.07, 6.45) is 5.08. The summed E-state index contributed by atoms with van der Waals surface area (Å²) in [5.74, 6) is 0.616. The van der Waals surface area contributed by atoms with Gasteiger partial charge in [-0.3, -0.25) is 0 Å². The molecule has 0 N–H and O–H groups in total. The molecule has 0 spiro atoms. The average Bonchev–Trinajstić information content (AvgIpc) is 2.83. The highest BCUT2D eigenvalue weighted by atomic mass is 35.5. The monoisotopic (exact) mass is 240 g/mol. The molecule has 3 rings (SSSR count). The number of thioether (sulfide) groups is 1. The first kappa shape index (κ1) is 9.42. The lowest BCUT2D eigenvalue weighted by molar-refractivity contribution is 0.867. The van der Waals surface area contributed by atoms with E-state index >= 15 is 0 Å². The lowest BCUT2D eigenvalue weighted by atomic mass is 10.3. The maximum Gasteiger partial charge on any atom is 0.254 e. The van der Waals surface area contributed by atoms with Gasteiger partial charge in [-0.05, 0) is 25.5 Å². The molecule has 0 atom stereocenters. The van der Waals surface area contributed by atoms with Crippen LogP contribution in [0, 0.1) is 0 Å². The Labute approximate surface area is 96.1 Å². The van der Waals surface area contributed by atoms with Crippen molar-refractivity contribution in [2.24, 2.45) is 0 Å². The minimum Gasteiger partial charge on any atom is -0.216 e. The standard InChI is InChI=1S/C9H9ClN4S/c1-15-9-12-8-11-6-4-2-3-5(6)7(10)14(8)13-9/h2-4H2,1H3. The Bertz CT molecular complexity index is 536. The van der Waals surface area contributed by atoms with Crippen LogP contribution in [0.4, 0.5) is 0 Å². The maximum absolute atomic E-state index is 6.27. The highest BCUT2D eigenvalue weighted by Crippen LogP contribution is 2.28. The van der Waals surface area contributed by atoms with Crippen LogP contribution in [-0.2, 0) is 12.8 Å². The van der Waals surface area contributed by atoms with E-state index in [0.29, 0.717) is 16.1 Å². The lowest BCUT2D eigenvalue weighted by Gasteiger charge is -2.01. The Morgan fingerprint density at radius 1 is 1.33 bits per heavy atom. The van der Waals surface area contributed by atoms with Crippen LogP contribution < -0.4 is 0 Å². The molecule has 0 amide bonds. The third-order valence-electron chi connectivity index (χ3n) is 2.61. The topological polar surface area (TPSA) is 43.1 Å². The van der Waals surface area contributed by atoms with Gasteiger partial charge in [0.15, 0.2) is 0 Å². The third kappa shape index (κ3) is 1.33. The Kier molecular flexibility index (Phi) is 2.10. The molecule has 2 aromatic heterocycles. The predicted molar refractivity (Wildman–Crippen MR) is 59.6 cm³/mol. The molecule has 1 aliphatic carbocycles. The number of aromatic nitrogens is 4. The number of hydrogen-bond donors (Lipinski definition) is 0. The molecule has 0 bridgehead atoms. The van der Waals surface area contributed by atoms with E-state index in [-0.39, 0.29) is 0 Å². The first-order valence-corrected chi connectivity index (χ1v) is 6.38. The van der Waals surface area contributed by atoms with Crippen molar-refractivity contribution < 1.29 is 0 Å². The van der Waals surface area contributed by atoms with Gasteiger partial charge < -0.3 is 0 Å². The normalized spacial score (nSPS) is 14.8. The largest absolute Gasteiger partial charge is 0.254 e. The smallest absolute Gasteiger partial charge is 0.216 e. The zero-order chi connectivity index (χ0) is 10.4. The van der Waals surface area contributed by atoms with Gasteiger partial charge in [0.1, 0.15) is 5.15 Å². The third-order valence-corrected chi connectivity index (χ3v) is 3.54. The van der Waals surface area contributed by atoms with Gasteiger partial charge in [-0.1, -0.05) is 23.4 Å². The summed E-state index contributed by atoms with van der Waals surface area (Å²) in [6.45, 7) is 0. The van der Waals surface area contributed by atoms with Gasteiger partial charge >= 0.3 is 0 Å². The fourth-order valence-corrected chi connectivity index (χ4v) is 2.55. The van der Waals surface area contributed by atoms with E-state index in [1.54, 1.807) is 4.52 Å². The number of hydrogen-bond acceptors (Lipinski definition) is 4. The van der Waals surface area contributed by atoms with Crippen LogP contribution in [0.2, 0.25) is 5.15 Å². The van der Waals surface area contributed by atoms with Crippen LogP contribution in [0.5, 0.6) is 0 Å². The second kappa shape index (κ2) is 3.35. The molecule has 78 valence electrons. The summed E-state index contributed by atoms with van der Waals surface area (Å²) in [6, 6.07) is 0. The van der Waals surface area contributed by atoms with Gasteiger partial charge in [-0.25, -0.2) is 4.98 Å². The van der Waals surface area contributed by atoms with E-state index in [1.807, 2.05) is 6.26 Å². The van der Waals surface area contributed by atoms with Gasteiger partial charge in [-0.2, -0.15) is 9.50 Å². The fraction of sp³-hybridized carbons (Fsp3) is 0.444. The maximum atomic E-state index is 6.27. The molecule has 0 saturated heterocycles. The Balaban J connectivity index is 2.33. The molecule has 0 fully saturated rings. The Morgan fingerprint density at radius 3 is 3.00 bits per heavy atom. The Morgan fingerprint density at radius 2 is 2.20 bits per heavy atom. The summed E-state index contributed by atoms with van der Waals surface area (Å²) >= 11 is 7.77. The molecule has 0 aromatic carbocycles.